The van der Waals surface area contributed by atoms with Crippen molar-refractivity contribution >= 4 is 22.1 Å². The highest BCUT2D eigenvalue weighted by atomic mass is 32.2. The molecular formula is C15H19NO4S. The largest absolute Gasteiger partial charge is 0.478 e. The van der Waals surface area contributed by atoms with Gasteiger partial charge in [-0.15, -0.1) is 0 Å². The minimum absolute atomic E-state index is 0.230. The second kappa shape index (κ2) is 6.87. The van der Waals surface area contributed by atoms with Crippen LogP contribution in [0.2, 0.25) is 0 Å². The Hall–Kier alpha value is -1.66. The van der Waals surface area contributed by atoms with Gasteiger partial charge in [-0.25, -0.2) is 17.9 Å². The molecule has 1 saturated carbocycles. The van der Waals surface area contributed by atoms with Crippen LogP contribution >= 0.6 is 0 Å². The van der Waals surface area contributed by atoms with E-state index in [0.717, 1.165) is 42.9 Å². The van der Waals surface area contributed by atoms with Gasteiger partial charge < -0.3 is 5.11 Å². The summed E-state index contributed by atoms with van der Waals surface area (Å²) in [7, 11) is -3.26. The first-order valence-corrected chi connectivity index (χ1v) is 8.50. The van der Waals surface area contributed by atoms with Crippen molar-refractivity contribution in [3.8, 4) is 0 Å². The number of hydrogen-bond acceptors (Lipinski definition) is 3. The zero-order chi connectivity index (χ0) is 15.3. The van der Waals surface area contributed by atoms with Crippen LogP contribution in [0.4, 0.5) is 0 Å². The van der Waals surface area contributed by atoms with Crippen LogP contribution in [0.25, 0.3) is 6.08 Å². The molecule has 0 aliphatic heterocycles. The van der Waals surface area contributed by atoms with E-state index in [2.05, 4.69) is 4.72 Å². The summed E-state index contributed by atoms with van der Waals surface area (Å²) in [6.45, 7) is 0.230. The highest BCUT2D eigenvalue weighted by molar-refractivity contribution is 7.90. The molecule has 1 aliphatic carbocycles. The summed E-state index contributed by atoms with van der Waals surface area (Å²) in [5, 5.41) is 8.33. The SMILES string of the molecule is O=C(O)/C=C/c1cccc(CNS(=O)(=O)C2CCCC2)c1. The molecule has 0 radical (unpaired) electrons. The Balaban J connectivity index is 2.00. The molecule has 0 amide bonds. The van der Waals surface area contributed by atoms with Crippen LogP contribution in [-0.2, 0) is 21.4 Å². The van der Waals surface area contributed by atoms with E-state index in [-0.39, 0.29) is 11.8 Å². The van der Waals surface area contributed by atoms with E-state index in [9.17, 15) is 13.2 Å². The average Bonchev–Trinajstić information content (AvgIpc) is 2.98. The van der Waals surface area contributed by atoms with Gasteiger partial charge in [0, 0.05) is 12.6 Å². The fourth-order valence-corrected chi connectivity index (χ4v) is 4.03. The number of carbonyl (C=O) groups is 1. The van der Waals surface area contributed by atoms with Crippen molar-refractivity contribution in [2.24, 2.45) is 0 Å². The summed E-state index contributed by atoms with van der Waals surface area (Å²) in [6.07, 6.45) is 5.95. The molecule has 0 saturated heterocycles. The quantitative estimate of drug-likeness (QED) is 0.789. The lowest BCUT2D eigenvalue weighted by molar-refractivity contribution is -0.131. The second-order valence-electron chi connectivity index (χ2n) is 5.19. The zero-order valence-electron chi connectivity index (χ0n) is 11.7. The number of rotatable bonds is 6. The highest BCUT2D eigenvalue weighted by Gasteiger charge is 2.28. The highest BCUT2D eigenvalue weighted by Crippen LogP contribution is 2.24. The Bertz CT molecular complexity index is 631. The van der Waals surface area contributed by atoms with Crippen molar-refractivity contribution in [3.63, 3.8) is 0 Å². The third kappa shape index (κ3) is 4.68. The molecule has 1 aromatic rings. The number of hydrogen-bond donors (Lipinski definition) is 2. The number of nitrogens with one attached hydrogen (secondary N) is 1. The first-order valence-electron chi connectivity index (χ1n) is 6.96. The molecular weight excluding hydrogens is 290 g/mol. The van der Waals surface area contributed by atoms with E-state index >= 15 is 0 Å². The molecule has 114 valence electrons. The maximum Gasteiger partial charge on any atom is 0.328 e. The number of carboxylic acid groups (broad SMARTS) is 1. The Kier molecular flexibility index (Phi) is 5.14. The summed E-state index contributed by atoms with van der Waals surface area (Å²) >= 11 is 0. The molecule has 0 spiro atoms. The van der Waals surface area contributed by atoms with Gasteiger partial charge in [-0.05, 0) is 30.0 Å². The van der Waals surface area contributed by atoms with Gasteiger partial charge in [0.1, 0.15) is 0 Å². The first kappa shape index (κ1) is 15.7. The number of aliphatic carboxylic acids is 1. The maximum atomic E-state index is 12.1. The lowest BCUT2D eigenvalue weighted by Crippen LogP contribution is -2.32. The Morgan fingerprint density at radius 2 is 2.05 bits per heavy atom. The van der Waals surface area contributed by atoms with Crippen LogP contribution in [0.5, 0.6) is 0 Å². The van der Waals surface area contributed by atoms with Gasteiger partial charge in [0.25, 0.3) is 0 Å². The van der Waals surface area contributed by atoms with Crippen molar-refractivity contribution in [2.45, 2.75) is 37.5 Å². The summed E-state index contributed by atoms with van der Waals surface area (Å²) < 4.78 is 26.8. The molecule has 0 bridgehead atoms. The van der Waals surface area contributed by atoms with Gasteiger partial charge in [-0.3, -0.25) is 0 Å². The Morgan fingerprint density at radius 3 is 2.71 bits per heavy atom. The van der Waals surface area contributed by atoms with Crippen molar-refractivity contribution in [1.29, 1.82) is 0 Å². The van der Waals surface area contributed by atoms with E-state index in [4.69, 9.17) is 5.11 Å². The number of carboxylic acids is 1. The summed E-state index contributed by atoms with van der Waals surface area (Å²) in [5.41, 5.74) is 1.54. The van der Waals surface area contributed by atoms with Crippen LogP contribution in [0.15, 0.2) is 30.3 Å². The lowest BCUT2D eigenvalue weighted by Gasteiger charge is -2.12. The molecule has 6 heteroatoms. The predicted molar refractivity (Wildman–Crippen MR) is 81.1 cm³/mol. The predicted octanol–water partition coefficient (Wildman–Crippen LogP) is 2.15. The molecule has 0 unspecified atom stereocenters. The van der Waals surface area contributed by atoms with Crippen LogP contribution < -0.4 is 4.72 Å². The normalized spacial score (nSPS) is 16.6. The minimum Gasteiger partial charge on any atom is -0.478 e. The minimum atomic E-state index is -3.26. The topological polar surface area (TPSA) is 83.5 Å². The van der Waals surface area contributed by atoms with Crippen molar-refractivity contribution in [2.75, 3.05) is 0 Å². The smallest absolute Gasteiger partial charge is 0.328 e. The standard InChI is InChI=1S/C15H19NO4S/c17-15(18)9-8-12-4-3-5-13(10-12)11-16-21(19,20)14-6-1-2-7-14/h3-5,8-10,14,16H,1-2,6-7,11H2,(H,17,18)/b9-8+. The fraction of sp³-hybridized carbons (Fsp3) is 0.400. The molecule has 0 atom stereocenters. The van der Waals surface area contributed by atoms with E-state index in [1.165, 1.54) is 6.08 Å². The van der Waals surface area contributed by atoms with Gasteiger partial charge in [-0.1, -0.05) is 37.1 Å². The van der Waals surface area contributed by atoms with Gasteiger partial charge in [0.15, 0.2) is 0 Å². The average molecular weight is 309 g/mol. The molecule has 21 heavy (non-hydrogen) atoms. The molecule has 1 aromatic carbocycles. The van der Waals surface area contributed by atoms with Gasteiger partial charge in [-0.2, -0.15) is 0 Å². The van der Waals surface area contributed by atoms with Gasteiger partial charge >= 0.3 is 5.97 Å². The van der Waals surface area contributed by atoms with Crippen LogP contribution in [-0.4, -0.2) is 24.7 Å². The number of sulfonamides is 1. The van der Waals surface area contributed by atoms with Crippen molar-refractivity contribution in [1.82, 2.24) is 4.72 Å². The molecule has 2 rings (SSSR count). The Labute approximate surface area is 124 Å². The Morgan fingerprint density at radius 1 is 1.33 bits per heavy atom. The van der Waals surface area contributed by atoms with Crippen LogP contribution in [0.3, 0.4) is 0 Å². The monoisotopic (exact) mass is 309 g/mol. The van der Waals surface area contributed by atoms with Crippen molar-refractivity contribution < 1.29 is 18.3 Å². The fourth-order valence-electron chi connectivity index (χ4n) is 2.47. The molecule has 5 nitrogen and oxygen atoms in total. The van der Waals surface area contributed by atoms with E-state index in [1.807, 2.05) is 6.07 Å². The van der Waals surface area contributed by atoms with E-state index in [1.54, 1.807) is 18.2 Å². The molecule has 2 N–H and O–H groups in total. The molecule has 0 aromatic heterocycles. The molecule has 1 fully saturated rings. The van der Waals surface area contributed by atoms with Gasteiger partial charge in [0.05, 0.1) is 5.25 Å². The first-order chi connectivity index (χ1) is 9.97. The van der Waals surface area contributed by atoms with Crippen LogP contribution in [0.1, 0.15) is 36.8 Å². The lowest BCUT2D eigenvalue weighted by atomic mass is 10.1. The zero-order valence-corrected chi connectivity index (χ0v) is 12.5. The summed E-state index contributed by atoms with van der Waals surface area (Å²) in [6, 6.07) is 7.14. The second-order valence-corrected chi connectivity index (χ2v) is 7.23. The summed E-state index contributed by atoms with van der Waals surface area (Å²) in [5.74, 6) is -1.01. The summed E-state index contributed by atoms with van der Waals surface area (Å²) in [4.78, 5) is 10.5. The van der Waals surface area contributed by atoms with Crippen molar-refractivity contribution in [3.05, 3.63) is 41.5 Å². The molecule has 1 aliphatic rings. The van der Waals surface area contributed by atoms with E-state index in [0.29, 0.717) is 0 Å². The third-order valence-corrected chi connectivity index (χ3v) is 5.48. The van der Waals surface area contributed by atoms with Crippen LogP contribution in [0, 0.1) is 0 Å². The maximum absolute atomic E-state index is 12.1. The molecule has 0 heterocycles. The third-order valence-electron chi connectivity index (χ3n) is 3.59. The van der Waals surface area contributed by atoms with Gasteiger partial charge in [0.2, 0.25) is 10.0 Å². The van der Waals surface area contributed by atoms with E-state index < -0.39 is 16.0 Å². The number of benzene rings is 1.